The fourth-order valence-corrected chi connectivity index (χ4v) is 5.38. The average molecular weight is 457 g/mol. The molecule has 0 radical (unpaired) electrons. The molecule has 170 valence electrons. The molecule has 0 N–H and O–H groups in total. The number of aryl methyl sites for hydroxylation is 1. The lowest BCUT2D eigenvalue weighted by atomic mass is 10.2. The molecule has 0 bridgehead atoms. The molecule has 4 rings (SSSR count). The standard InChI is InChI=1S/C23H28N4O4S/c1-23(2,3)31-22(28)27-14-12-26(13-15-27)18-10-11-24-20-19(16-25(4)21(18)20)32(29,30)17-8-6-5-7-9-17/h5-11,16H,12-15H2,1-4H3. The third-order valence-electron chi connectivity index (χ3n) is 5.42. The molecule has 1 saturated heterocycles. The highest BCUT2D eigenvalue weighted by atomic mass is 32.2. The largest absolute Gasteiger partial charge is 0.444 e. The van der Waals surface area contributed by atoms with E-state index in [-0.39, 0.29) is 15.9 Å². The predicted molar refractivity (Wildman–Crippen MR) is 123 cm³/mol. The van der Waals surface area contributed by atoms with Crippen LogP contribution < -0.4 is 4.90 Å². The Morgan fingerprint density at radius 2 is 1.69 bits per heavy atom. The van der Waals surface area contributed by atoms with Gasteiger partial charge in [-0.05, 0) is 39.0 Å². The zero-order valence-corrected chi connectivity index (χ0v) is 19.6. The van der Waals surface area contributed by atoms with E-state index in [1.165, 1.54) is 0 Å². The molecule has 2 aromatic heterocycles. The number of carbonyl (C=O) groups is 1. The highest BCUT2D eigenvalue weighted by Gasteiger charge is 2.29. The van der Waals surface area contributed by atoms with Gasteiger partial charge in [0.1, 0.15) is 16.0 Å². The Bertz CT molecular complexity index is 1240. The van der Waals surface area contributed by atoms with Crippen LogP contribution in [0.3, 0.4) is 0 Å². The summed E-state index contributed by atoms with van der Waals surface area (Å²) in [7, 11) is -1.87. The van der Waals surface area contributed by atoms with Crippen LogP contribution in [0.15, 0.2) is 58.6 Å². The summed E-state index contributed by atoms with van der Waals surface area (Å²) in [5.74, 6) is 0. The maximum Gasteiger partial charge on any atom is 0.410 e. The zero-order chi connectivity index (χ0) is 23.1. The van der Waals surface area contributed by atoms with Gasteiger partial charge in [-0.3, -0.25) is 4.98 Å². The third-order valence-corrected chi connectivity index (χ3v) is 7.19. The highest BCUT2D eigenvalue weighted by Crippen LogP contribution is 2.34. The van der Waals surface area contributed by atoms with Crippen LogP contribution in [0.4, 0.5) is 10.5 Å². The topological polar surface area (TPSA) is 84.7 Å². The number of piperazine rings is 1. The number of rotatable bonds is 3. The molecule has 0 aliphatic carbocycles. The molecule has 9 heteroatoms. The lowest BCUT2D eigenvalue weighted by Crippen LogP contribution is -2.50. The minimum absolute atomic E-state index is 0.190. The van der Waals surface area contributed by atoms with Crippen molar-refractivity contribution in [3.8, 4) is 0 Å². The molecule has 0 atom stereocenters. The van der Waals surface area contributed by atoms with E-state index in [1.54, 1.807) is 47.6 Å². The second-order valence-electron chi connectivity index (χ2n) is 8.90. The van der Waals surface area contributed by atoms with Crippen LogP contribution in [0.2, 0.25) is 0 Å². The molecule has 3 heterocycles. The van der Waals surface area contributed by atoms with Crippen molar-refractivity contribution in [2.45, 2.75) is 36.2 Å². The number of pyridine rings is 1. The van der Waals surface area contributed by atoms with Crippen LogP contribution in [-0.4, -0.2) is 60.7 Å². The van der Waals surface area contributed by atoms with Crippen molar-refractivity contribution in [3.05, 3.63) is 48.8 Å². The number of carbonyl (C=O) groups excluding carboxylic acids is 1. The van der Waals surface area contributed by atoms with Gasteiger partial charge in [-0.1, -0.05) is 18.2 Å². The lowest BCUT2D eigenvalue weighted by Gasteiger charge is -2.37. The van der Waals surface area contributed by atoms with Crippen LogP contribution in [-0.2, 0) is 21.6 Å². The first-order chi connectivity index (χ1) is 15.1. The lowest BCUT2D eigenvalue weighted by molar-refractivity contribution is 0.0240. The van der Waals surface area contributed by atoms with E-state index >= 15 is 0 Å². The molecule has 1 aliphatic heterocycles. The number of hydrogen-bond donors (Lipinski definition) is 0. The van der Waals surface area contributed by atoms with E-state index in [2.05, 4.69) is 9.88 Å². The number of aromatic nitrogens is 2. The summed E-state index contributed by atoms with van der Waals surface area (Å²) < 4.78 is 33.8. The van der Waals surface area contributed by atoms with Gasteiger partial charge in [0.05, 0.1) is 16.1 Å². The fraction of sp³-hybridized carbons (Fsp3) is 0.391. The molecule has 0 spiro atoms. The van der Waals surface area contributed by atoms with Gasteiger partial charge in [0.15, 0.2) is 0 Å². The van der Waals surface area contributed by atoms with Crippen LogP contribution in [0, 0.1) is 0 Å². The van der Waals surface area contributed by atoms with Crippen molar-refractivity contribution in [2.24, 2.45) is 7.05 Å². The SMILES string of the molecule is Cn1cc(S(=O)(=O)c2ccccc2)c2nccc(N3CCN(C(=O)OC(C)(C)C)CC3)c21. The maximum absolute atomic E-state index is 13.3. The Labute approximate surface area is 188 Å². The Kier molecular flexibility index (Phi) is 5.62. The van der Waals surface area contributed by atoms with Crippen molar-refractivity contribution < 1.29 is 17.9 Å². The minimum atomic E-state index is -3.70. The van der Waals surface area contributed by atoms with E-state index in [9.17, 15) is 13.2 Å². The first-order valence-corrected chi connectivity index (χ1v) is 12.0. The molecule has 8 nitrogen and oxygen atoms in total. The quantitative estimate of drug-likeness (QED) is 0.600. The van der Waals surface area contributed by atoms with Crippen LogP contribution >= 0.6 is 0 Å². The van der Waals surface area contributed by atoms with Gasteiger partial charge >= 0.3 is 6.09 Å². The number of fused-ring (bicyclic) bond motifs is 1. The number of amides is 1. The van der Waals surface area contributed by atoms with Gasteiger partial charge in [0.2, 0.25) is 9.84 Å². The van der Waals surface area contributed by atoms with Crippen LogP contribution in [0.25, 0.3) is 11.0 Å². The van der Waals surface area contributed by atoms with E-state index in [1.807, 2.05) is 38.5 Å². The second-order valence-corrected chi connectivity index (χ2v) is 10.8. The zero-order valence-electron chi connectivity index (χ0n) is 18.8. The van der Waals surface area contributed by atoms with Gasteiger partial charge in [-0.2, -0.15) is 0 Å². The van der Waals surface area contributed by atoms with E-state index in [0.717, 1.165) is 11.2 Å². The molecule has 0 saturated carbocycles. The number of ether oxygens (including phenoxy) is 1. The first-order valence-electron chi connectivity index (χ1n) is 10.5. The average Bonchev–Trinajstić information content (AvgIpc) is 3.11. The molecule has 1 aliphatic rings. The molecule has 3 aromatic rings. The molecule has 32 heavy (non-hydrogen) atoms. The first kappa shape index (κ1) is 22.1. The molecule has 1 amide bonds. The minimum Gasteiger partial charge on any atom is -0.444 e. The summed E-state index contributed by atoms with van der Waals surface area (Å²) in [5.41, 5.74) is 1.57. The normalized spacial score (nSPS) is 15.2. The summed E-state index contributed by atoms with van der Waals surface area (Å²) >= 11 is 0. The van der Waals surface area contributed by atoms with E-state index in [0.29, 0.717) is 31.7 Å². The van der Waals surface area contributed by atoms with Gasteiger partial charge < -0.3 is 19.1 Å². The van der Waals surface area contributed by atoms with Crippen LogP contribution in [0.5, 0.6) is 0 Å². The predicted octanol–water partition coefficient (Wildman–Crippen LogP) is 3.46. The van der Waals surface area contributed by atoms with Crippen molar-refractivity contribution in [1.82, 2.24) is 14.5 Å². The fourth-order valence-electron chi connectivity index (χ4n) is 3.91. The third kappa shape index (κ3) is 4.17. The highest BCUT2D eigenvalue weighted by molar-refractivity contribution is 7.91. The smallest absolute Gasteiger partial charge is 0.410 e. The van der Waals surface area contributed by atoms with Crippen molar-refractivity contribution in [2.75, 3.05) is 31.1 Å². The Balaban J connectivity index is 1.63. The monoisotopic (exact) mass is 456 g/mol. The number of sulfone groups is 1. The molecular weight excluding hydrogens is 428 g/mol. The summed E-state index contributed by atoms with van der Waals surface area (Å²) in [6.07, 6.45) is 2.95. The molecule has 1 aromatic carbocycles. The number of hydrogen-bond acceptors (Lipinski definition) is 6. The summed E-state index contributed by atoms with van der Waals surface area (Å²) in [6.45, 7) is 7.84. The molecule has 1 fully saturated rings. The second kappa shape index (κ2) is 8.12. The van der Waals surface area contributed by atoms with Gasteiger partial charge in [-0.25, -0.2) is 13.2 Å². The van der Waals surface area contributed by atoms with Gasteiger partial charge in [-0.15, -0.1) is 0 Å². The number of nitrogens with zero attached hydrogens (tertiary/aromatic N) is 4. The Hall–Kier alpha value is -3.07. The van der Waals surface area contributed by atoms with E-state index in [4.69, 9.17) is 4.74 Å². The van der Waals surface area contributed by atoms with Crippen LogP contribution in [0.1, 0.15) is 20.8 Å². The van der Waals surface area contributed by atoms with Crippen molar-refractivity contribution in [3.63, 3.8) is 0 Å². The number of benzene rings is 1. The summed E-state index contributed by atoms with van der Waals surface area (Å²) in [6, 6.07) is 10.3. The van der Waals surface area contributed by atoms with Crippen molar-refractivity contribution >= 4 is 32.7 Å². The Morgan fingerprint density at radius 3 is 2.31 bits per heavy atom. The molecule has 0 unspecified atom stereocenters. The maximum atomic E-state index is 13.3. The number of anilines is 1. The Morgan fingerprint density at radius 1 is 1.03 bits per heavy atom. The van der Waals surface area contributed by atoms with E-state index < -0.39 is 15.4 Å². The van der Waals surface area contributed by atoms with Gasteiger partial charge in [0.25, 0.3) is 0 Å². The molecular formula is C23H28N4O4S. The summed E-state index contributed by atoms with van der Waals surface area (Å²) in [4.78, 5) is 21.1. The van der Waals surface area contributed by atoms with Gasteiger partial charge in [0, 0.05) is 45.6 Å². The van der Waals surface area contributed by atoms with Crippen molar-refractivity contribution in [1.29, 1.82) is 0 Å². The summed E-state index contributed by atoms with van der Waals surface area (Å²) in [5, 5.41) is 0.